The zero-order valence-electron chi connectivity index (χ0n) is 13.6. The lowest BCUT2D eigenvalue weighted by Crippen LogP contribution is -2.29. The minimum Gasteiger partial charge on any atom is -0.454 e. The number of ether oxygens (including phenoxy) is 2. The van der Waals surface area contributed by atoms with Crippen LogP contribution in [0, 0.1) is 0 Å². The molecule has 4 rings (SSSR count). The number of hydrogen-bond donors (Lipinski definition) is 1. The Hall–Kier alpha value is -3.28. The number of amides is 1. The second-order valence-corrected chi connectivity index (χ2v) is 5.87. The lowest BCUT2D eigenvalue weighted by Gasteiger charge is -2.10. The van der Waals surface area contributed by atoms with Gasteiger partial charge in [-0.15, -0.1) is 0 Å². The monoisotopic (exact) mass is 336 g/mol. The van der Waals surface area contributed by atoms with Crippen LogP contribution in [0.5, 0.6) is 11.5 Å². The van der Waals surface area contributed by atoms with Crippen molar-refractivity contribution in [2.75, 3.05) is 6.79 Å². The van der Waals surface area contributed by atoms with Crippen LogP contribution >= 0.6 is 0 Å². The minimum absolute atomic E-state index is 0.127. The highest BCUT2D eigenvalue weighted by Gasteiger charge is 2.16. The maximum atomic E-state index is 12.6. The first kappa shape index (κ1) is 15.3. The second-order valence-electron chi connectivity index (χ2n) is 5.87. The molecule has 1 aliphatic heterocycles. The summed E-state index contributed by atoms with van der Waals surface area (Å²) in [5, 5.41) is 3.32. The molecule has 6 nitrogen and oxygen atoms in total. The van der Waals surface area contributed by atoms with Crippen molar-refractivity contribution in [1.29, 1.82) is 0 Å². The number of benzene rings is 2. The van der Waals surface area contributed by atoms with E-state index in [0.717, 1.165) is 11.1 Å². The van der Waals surface area contributed by atoms with Crippen molar-refractivity contribution >= 4 is 16.8 Å². The summed E-state index contributed by atoms with van der Waals surface area (Å²) in [6.07, 6.45) is 1.57. The average molecular weight is 336 g/mol. The maximum Gasteiger partial charge on any atom is 0.257 e. The molecule has 0 fully saturated rings. The van der Waals surface area contributed by atoms with E-state index in [1.807, 2.05) is 31.3 Å². The molecule has 1 aliphatic rings. The number of carbonyl (C=O) groups is 1. The molecule has 0 radical (unpaired) electrons. The van der Waals surface area contributed by atoms with E-state index in [1.54, 1.807) is 29.0 Å². The predicted octanol–water partition coefficient (Wildman–Crippen LogP) is 2.20. The summed E-state index contributed by atoms with van der Waals surface area (Å²) in [6, 6.07) is 12.7. The lowest BCUT2D eigenvalue weighted by atomic mass is 10.1. The fraction of sp³-hybridized carbons (Fsp3) is 0.158. The summed E-state index contributed by atoms with van der Waals surface area (Å²) in [6.45, 7) is 0.504. The number of fused-ring (bicyclic) bond motifs is 2. The largest absolute Gasteiger partial charge is 0.454 e. The summed E-state index contributed by atoms with van der Waals surface area (Å²) in [4.78, 5) is 25.1. The van der Waals surface area contributed by atoms with E-state index >= 15 is 0 Å². The Morgan fingerprint density at radius 2 is 1.96 bits per heavy atom. The van der Waals surface area contributed by atoms with Gasteiger partial charge >= 0.3 is 0 Å². The number of carbonyl (C=O) groups excluding carboxylic acids is 1. The van der Waals surface area contributed by atoms with Gasteiger partial charge in [-0.1, -0.05) is 18.2 Å². The number of hydrogen-bond acceptors (Lipinski definition) is 4. The van der Waals surface area contributed by atoms with Crippen molar-refractivity contribution in [2.45, 2.75) is 6.54 Å². The van der Waals surface area contributed by atoms with E-state index < -0.39 is 5.91 Å². The van der Waals surface area contributed by atoms with Crippen LogP contribution in [0.4, 0.5) is 0 Å². The van der Waals surface area contributed by atoms with Gasteiger partial charge in [0.25, 0.3) is 5.91 Å². The molecule has 0 saturated carbocycles. The molecule has 1 aromatic heterocycles. The Morgan fingerprint density at radius 3 is 2.84 bits per heavy atom. The number of nitrogens with zero attached hydrogens (tertiary/aromatic N) is 1. The fourth-order valence-electron chi connectivity index (χ4n) is 2.93. The van der Waals surface area contributed by atoms with Gasteiger partial charge in [-0.3, -0.25) is 9.59 Å². The van der Waals surface area contributed by atoms with Crippen LogP contribution in [0.15, 0.2) is 53.5 Å². The van der Waals surface area contributed by atoms with Gasteiger partial charge in [0, 0.05) is 25.2 Å². The van der Waals surface area contributed by atoms with Crippen molar-refractivity contribution in [2.24, 2.45) is 7.05 Å². The van der Waals surface area contributed by atoms with Crippen molar-refractivity contribution in [3.8, 4) is 11.5 Å². The zero-order valence-corrected chi connectivity index (χ0v) is 13.6. The Bertz CT molecular complexity index is 1040. The highest BCUT2D eigenvalue weighted by molar-refractivity contribution is 5.97. The van der Waals surface area contributed by atoms with Crippen LogP contribution in [0.2, 0.25) is 0 Å². The number of nitrogens with one attached hydrogen (secondary N) is 1. The van der Waals surface area contributed by atoms with Gasteiger partial charge in [0.15, 0.2) is 11.5 Å². The highest BCUT2D eigenvalue weighted by atomic mass is 16.7. The molecule has 126 valence electrons. The molecule has 0 atom stereocenters. The first-order valence-electron chi connectivity index (χ1n) is 7.88. The number of rotatable bonds is 3. The molecule has 0 aliphatic carbocycles. The van der Waals surface area contributed by atoms with Crippen molar-refractivity contribution in [3.05, 3.63) is 70.0 Å². The first-order chi connectivity index (χ1) is 12.1. The van der Waals surface area contributed by atoms with Gasteiger partial charge in [-0.2, -0.15) is 0 Å². The minimum atomic E-state index is -0.399. The van der Waals surface area contributed by atoms with E-state index in [-0.39, 0.29) is 17.8 Å². The number of pyridine rings is 1. The molecular formula is C19H16N2O4. The van der Waals surface area contributed by atoms with Crippen molar-refractivity contribution in [3.63, 3.8) is 0 Å². The lowest BCUT2D eigenvalue weighted by molar-refractivity contribution is 0.0949. The Kier molecular flexibility index (Phi) is 3.65. The van der Waals surface area contributed by atoms with Crippen molar-refractivity contribution in [1.82, 2.24) is 9.88 Å². The molecule has 2 heterocycles. The third kappa shape index (κ3) is 2.71. The zero-order chi connectivity index (χ0) is 17.4. The SMILES string of the molecule is Cn1cc(C(=O)NCc2ccc3c(c2)OCO3)c(=O)c2ccccc21. The Balaban J connectivity index is 1.58. The van der Waals surface area contributed by atoms with E-state index in [9.17, 15) is 9.59 Å². The molecule has 1 amide bonds. The van der Waals surface area contributed by atoms with Gasteiger partial charge in [0.05, 0.1) is 5.52 Å². The van der Waals surface area contributed by atoms with Crippen LogP contribution < -0.4 is 20.2 Å². The summed E-state index contributed by atoms with van der Waals surface area (Å²) < 4.78 is 12.4. The molecule has 0 saturated heterocycles. The van der Waals surface area contributed by atoms with Gasteiger partial charge in [0.1, 0.15) is 5.56 Å². The van der Waals surface area contributed by atoms with Gasteiger partial charge in [0.2, 0.25) is 12.2 Å². The normalized spacial score (nSPS) is 12.4. The summed E-state index contributed by atoms with van der Waals surface area (Å²) >= 11 is 0. The molecule has 3 aromatic rings. The number of aryl methyl sites for hydroxylation is 1. The van der Waals surface area contributed by atoms with Crippen LogP contribution in [0.25, 0.3) is 10.9 Å². The summed E-state index contributed by atoms with van der Waals surface area (Å²) in [5.74, 6) is 0.955. The fourth-order valence-corrected chi connectivity index (χ4v) is 2.93. The summed E-state index contributed by atoms with van der Waals surface area (Å²) in [5.41, 5.74) is 1.52. The van der Waals surface area contributed by atoms with E-state index in [0.29, 0.717) is 23.4 Å². The molecule has 0 spiro atoms. The van der Waals surface area contributed by atoms with Crippen LogP contribution in [0.3, 0.4) is 0 Å². The molecule has 1 N–H and O–H groups in total. The Labute approximate surface area is 143 Å². The van der Waals surface area contributed by atoms with Gasteiger partial charge < -0.3 is 19.4 Å². The van der Waals surface area contributed by atoms with E-state index in [2.05, 4.69) is 5.32 Å². The van der Waals surface area contributed by atoms with Crippen LogP contribution in [-0.4, -0.2) is 17.3 Å². The van der Waals surface area contributed by atoms with Crippen LogP contribution in [-0.2, 0) is 13.6 Å². The van der Waals surface area contributed by atoms with Gasteiger partial charge in [-0.05, 0) is 29.8 Å². The van der Waals surface area contributed by atoms with Crippen LogP contribution in [0.1, 0.15) is 15.9 Å². The Morgan fingerprint density at radius 1 is 1.16 bits per heavy atom. The first-order valence-corrected chi connectivity index (χ1v) is 7.88. The number of aromatic nitrogens is 1. The van der Waals surface area contributed by atoms with E-state index in [4.69, 9.17) is 9.47 Å². The standard InChI is InChI=1S/C19H16N2O4/c1-21-10-14(18(22)13-4-2-3-5-15(13)21)19(23)20-9-12-6-7-16-17(8-12)25-11-24-16/h2-8,10H,9,11H2,1H3,(H,20,23). The maximum absolute atomic E-state index is 12.6. The molecule has 0 bridgehead atoms. The average Bonchev–Trinajstić information content (AvgIpc) is 3.10. The third-order valence-electron chi connectivity index (χ3n) is 4.23. The molecular weight excluding hydrogens is 320 g/mol. The quantitative estimate of drug-likeness (QED) is 0.796. The molecule has 0 unspecified atom stereocenters. The van der Waals surface area contributed by atoms with Gasteiger partial charge in [-0.25, -0.2) is 0 Å². The third-order valence-corrected chi connectivity index (χ3v) is 4.23. The number of para-hydroxylation sites is 1. The summed E-state index contributed by atoms with van der Waals surface area (Å²) in [7, 11) is 1.82. The molecule has 2 aromatic carbocycles. The smallest absolute Gasteiger partial charge is 0.257 e. The highest BCUT2D eigenvalue weighted by Crippen LogP contribution is 2.32. The van der Waals surface area contributed by atoms with Crippen molar-refractivity contribution < 1.29 is 14.3 Å². The van der Waals surface area contributed by atoms with E-state index in [1.165, 1.54) is 0 Å². The topological polar surface area (TPSA) is 69.6 Å². The predicted molar refractivity (Wildman–Crippen MR) is 92.9 cm³/mol. The second kappa shape index (κ2) is 5.98. The molecule has 6 heteroatoms. The molecule has 25 heavy (non-hydrogen) atoms.